The Hall–Kier alpha value is -3.03. The number of alkyl halides is 4. The van der Waals surface area contributed by atoms with E-state index in [-0.39, 0.29) is 18.6 Å². The van der Waals surface area contributed by atoms with Crippen LogP contribution in [0.4, 0.5) is 17.6 Å². The number of ketones is 1. The first-order valence-electron chi connectivity index (χ1n) is 12.5. The summed E-state index contributed by atoms with van der Waals surface area (Å²) in [7, 11) is -7.85. The Bertz CT molecular complexity index is 1610. The predicted octanol–water partition coefficient (Wildman–Crippen LogP) is 9.17. The van der Waals surface area contributed by atoms with Crippen molar-refractivity contribution in [1.82, 2.24) is 0 Å². The third-order valence-electron chi connectivity index (χ3n) is 7.00. The van der Waals surface area contributed by atoms with Gasteiger partial charge in [0.15, 0.2) is 5.78 Å². The van der Waals surface area contributed by atoms with E-state index in [1.165, 1.54) is 24.3 Å². The van der Waals surface area contributed by atoms with Gasteiger partial charge in [-0.3, -0.25) is 4.79 Å². The summed E-state index contributed by atoms with van der Waals surface area (Å²) >= 11 is 12.3. The van der Waals surface area contributed by atoms with E-state index in [9.17, 15) is 31.5 Å². The lowest BCUT2D eigenvalue weighted by molar-refractivity contribution is 0.0814. The smallest absolute Gasteiger partial charge is 0.293 e. The van der Waals surface area contributed by atoms with Gasteiger partial charge < -0.3 is 0 Å². The van der Waals surface area contributed by atoms with Gasteiger partial charge in [0.25, 0.3) is 0 Å². The molecule has 0 bridgehead atoms. The van der Waals surface area contributed by atoms with Crippen LogP contribution in [0, 0.1) is 0 Å². The standard InChI is InChI=1S/C30H20Cl2F4O5P2/c31-25-15-19(11-13-23(25)29(33,34)42(38)39)17-28(22-9-5-2-6-10-22,27(37)21-7-3-1-4-8-21)18-20-12-14-24(26(32)16-20)30(35,36)43(40)41/h1-16H,17-18H2/p+2. The summed E-state index contributed by atoms with van der Waals surface area (Å²) in [5.74, 6) is -0.382. The lowest BCUT2D eigenvalue weighted by Crippen LogP contribution is -2.40. The molecule has 0 amide bonds. The number of rotatable bonds is 11. The molecule has 0 saturated heterocycles. The molecule has 2 N–H and O–H groups in total. The third-order valence-corrected chi connectivity index (χ3v) is 9.07. The van der Waals surface area contributed by atoms with Crippen LogP contribution in [-0.4, -0.2) is 15.6 Å². The molecule has 0 aliphatic carbocycles. The van der Waals surface area contributed by atoms with Gasteiger partial charge in [-0.1, -0.05) is 96.0 Å². The summed E-state index contributed by atoms with van der Waals surface area (Å²) in [5, 5.41) is -0.969. The molecule has 4 aromatic carbocycles. The van der Waals surface area contributed by atoms with Gasteiger partial charge in [0, 0.05) is 5.56 Å². The van der Waals surface area contributed by atoms with Gasteiger partial charge in [-0.15, -0.1) is 17.6 Å². The molecular weight excluding hydrogens is 649 g/mol. The van der Waals surface area contributed by atoms with E-state index in [1.54, 1.807) is 60.7 Å². The second-order valence-electron chi connectivity index (χ2n) is 9.75. The van der Waals surface area contributed by atoms with Crippen LogP contribution in [0.25, 0.3) is 0 Å². The molecule has 0 spiro atoms. The van der Waals surface area contributed by atoms with Crippen molar-refractivity contribution in [2.75, 3.05) is 0 Å². The number of carbonyl (C=O) groups excluding carboxylic acids is 1. The SMILES string of the molecule is O=C(c1ccccc1)C(Cc1ccc(C(F)(F)[P+](=O)O)c(Cl)c1)(Cc1ccc(C(F)(F)[P+](=O)O)c(Cl)c1)c1ccccc1. The Labute approximate surface area is 255 Å². The van der Waals surface area contributed by atoms with Gasteiger partial charge >= 0.3 is 27.4 Å². The van der Waals surface area contributed by atoms with Crippen LogP contribution in [0.3, 0.4) is 0 Å². The van der Waals surface area contributed by atoms with Crippen molar-refractivity contribution in [2.24, 2.45) is 0 Å². The van der Waals surface area contributed by atoms with E-state index in [4.69, 9.17) is 33.0 Å². The number of hydrogen-bond donors (Lipinski definition) is 2. The summed E-state index contributed by atoms with van der Waals surface area (Å²) < 4.78 is 79.9. The molecule has 4 aromatic rings. The number of benzene rings is 4. The first kappa shape index (κ1) is 32.9. The van der Waals surface area contributed by atoms with Crippen molar-refractivity contribution in [3.8, 4) is 0 Å². The average Bonchev–Trinajstić information content (AvgIpc) is 2.97. The van der Waals surface area contributed by atoms with Crippen molar-refractivity contribution in [3.05, 3.63) is 140 Å². The van der Waals surface area contributed by atoms with Gasteiger partial charge in [-0.2, -0.15) is 9.79 Å². The van der Waals surface area contributed by atoms with Crippen LogP contribution in [0.15, 0.2) is 97.1 Å². The lowest BCUT2D eigenvalue weighted by Gasteiger charge is -2.34. The van der Waals surface area contributed by atoms with Crippen molar-refractivity contribution in [3.63, 3.8) is 0 Å². The maximum atomic E-state index is 14.4. The summed E-state index contributed by atoms with van der Waals surface area (Å²) in [6.45, 7) is 0. The minimum Gasteiger partial charge on any atom is -0.293 e. The number of Topliss-reactive ketones (excluding diaryl/α,β-unsaturated/α-hetero) is 1. The first-order valence-corrected chi connectivity index (χ1v) is 15.7. The monoisotopic (exact) mass is 670 g/mol. The quantitative estimate of drug-likeness (QED) is 0.0943. The van der Waals surface area contributed by atoms with Gasteiger partial charge in [0.1, 0.15) is 0 Å². The van der Waals surface area contributed by atoms with Crippen LogP contribution in [0.2, 0.25) is 10.0 Å². The zero-order valence-corrected chi connectivity index (χ0v) is 25.2. The van der Waals surface area contributed by atoms with Crippen molar-refractivity contribution in [2.45, 2.75) is 29.6 Å². The van der Waals surface area contributed by atoms with E-state index < -0.39 is 54.0 Å². The summed E-state index contributed by atoms with van der Waals surface area (Å²) in [5.41, 5.74) is -9.91. The zero-order valence-electron chi connectivity index (χ0n) is 21.9. The van der Waals surface area contributed by atoms with Crippen molar-refractivity contribution < 1.29 is 41.3 Å². The summed E-state index contributed by atoms with van der Waals surface area (Å²) in [4.78, 5) is 32.7. The van der Waals surface area contributed by atoms with Crippen LogP contribution < -0.4 is 0 Å². The second kappa shape index (κ2) is 12.9. The van der Waals surface area contributed by atoms with Gasteiger partial charge in [-0.25, -0.2) is 0 Å². The fourth-order valence-electron chi connectivity index (χ4n) is 4.91. The van der Waals surface area contributed by atoms with E-state index in [0.717, 1.165) is 12.1 Å². The Balaban J connectivity index is 1.91. The first-order chi connectivity index (χ1) is 20.2. The molecule has 13 heteroatoms. The van der Waals surface area contributed by atoms with Crippen LogP contribution >= 0.6 is 39.3 Å². The highest BCUT2D eigenvalue weighted by Gasteiger charge is 2.56. The Morgan fingerprint density at radius 2 is 1.05 bits per heavy atom. The highest BCUT2D eigenvalue weighted by atomic mass is 35.5. The molecule has 0 aliphatic rings. The third kappa shape index (κ3) is 6.73. The largest absolute Gasteiger partial charge is 0.589 e. The fourth-order valence-corrected chi connectivity index (χ4v) is 6.49. The number of halogens is 6. The minimum atomic E-state index is -4.11. The molecule has 5 nitrogen and oxygen atoms in total. The van der Waals surface area contributed by atoms with Gasteiger partial charge in [0.2, 0.25) is 0 Å². The average molecular weight is 671 g/mol. The summed E-state index contributed by atoms with van der Waals surface area (Å²) in [6, 6.07) is 23.5. The second-order valence-corrected chi connectivity index (χ2v) is 12.8. The zero-order chi connectivity index (χ0) is 31.6. The van der Waals surface area contributed by atoms with E-state index in [2.05, 4.69) is 0 Å². The molecule has 0 aliphatic heterocycles. The van der Waals surface area contributed by atoms with Gasteiger partial charge in [-0.05, 0) is 62.9 Å². The molecule has 43 heavy (non-hydrogen) atoms. The van der Waals surface area contributed by atoms with E-state index in [1.807, 2.05) is 0 Å². The lowest BCUT2D eigenvalue weighted by atomic mass is 9.67. The molecule has 0 heterocycles. The van der Waals surface area contributed by atoms with Gasteiger partial charge in [0.05, 0.1) is 26.6 Å². The molecule has 0 radical (unpaired) electrons. The van der Waals surface area contributed by atoms with Crippen LogP contribution in [0.5, 0.6) is 0 Å². The molecule has 0 fully saturated rings. The Kier molecular flexibility index (Phi) is 9.87. The normalized spacial score (nSPS) is 14.1. The molecule has 2 unspecified atom stereocenters. The molecule has 2 atom stereocenters. The fraction of sp³-hybridized carbons (Fsp3) is 0.167. The molecule has 0 aromatic heterocycles. The van der Waals surface area contributed by atoms with Crippen molar-refractivity contribution >= 4 is 45.0 Å². The predicted molar refractivity (Wildman–Crippen MR) is 157 cm³/mol. The van der Waals surface area contributed by atoms with E-state index in [0.29, 0.717) is 22.3 Å². The van der Waals surface area contributed by atoms with E-state index >= 15 is 0 Å². The van der Waals surface area contributed by atoms with Crippen LogP contribution in [-0.2, 0) is 38.7 Å². The molecule has 222 valence electrons. The summed E-state index contributed by atoms with van der Waals surface area (Å²) in [6.07, 6.45) is -0.223. The maximum absolute atomic E-state index is 14.4. The highest BCUT2D eigenvalue weighted by molar-refractivity contribution is 7.39. The topological polar surface area (TPSA) is 91.7 Å². The Morgan fingerprint density at radius 1 is 0.651 bits per heavy atom. The number of hydrogen-bond acceptors (Lipinski definition) is 3. The Morgan fingerprint density at radius 3 is 1.42 bits per heavy atom. The van der Waals surface area contributed by atoms with Crippen molar-refractivity contribution in [1.29, 1.82) is 0 Å². The minimum absolute atomic E-state index is 0.112. The van der Waals surface area contributed by atoms with Crippen LogP contribution in [0.1, 0.15) is 38.2 Å². The highest BCUT2D eigenvalue weighted by Crippen LogP contribution is 2.51. The maximum Gasteiger partial charge on any atom is 0.589 e. The number of carbonyl (C=O) groups is 1. The molecule has 0 saturated carbocycles. The molecule has 4 rings (SSSR count). The molecular formula is C30H22Cl2F4O5P2+2.